The van der Waals surface area contributed by atoms with Crippen LogP contribution in [0, 0.1) is 34.5 Å². The fraction of sp³-hybridized carbons (Fsp3) is 0.867. The zero-order valence-corrected chi connectivity index (χ0v) is 11.4. The Labute approximate surface area is 108 Å². The minimum absolute atomic E-state index is 0.0619. The molecule has 1 N–H and O–H groups in total. The normalized spacial score (nSPS) is 49.2. The van der Waals surface area contributed by atoms with Crippen LogP contribution in [0.25, 0.3) is 0 Å². The SMILES string of the molecule is C[C@H]1C(=O)C[C@H]2[C@H]3CC[C@@H](C(=O)O)[C@@]12CC3(C)C. The van der Waals surface area contributed by atoms with Gasteiger partial charge in [0.1, 0.15) is 5.78 Å². The molecule has 0 unspecified atom stereocenters. The summed E-state index contributed by atoms with van der Waals surface area (Å²) in [6.07, 6.45) is 3.28. The molecular formula is C15H22O3. The topological polar surface area (TPSA) is 54.4 Å². The van der Waals surface area contributed by atoms with E-state index < -0.39 is 5.97 Å². The third kappa shape index (κ3) is 1.20. The molecule has 100 valence electrons. The van der Waals surface area contributed by atoms with Crippen LogP contribution in [0.3, 0.4) is 0 Å². The van der Waals surface area contributed by atoms with E-state index in [4.69, 9.17) is 0 Å². The van der Waals surface area contributed by atoms with Crippen LogP contribution < -0.4 is 0 Å². The molecule has 0 aromatic heterocycles. The molecule has 0 spiro atoms. The first-order chi connectivity index (χ1) is 8.30. The van der Waals surface area contributed by atoms with Crippen molar-refractivity contribution in [3.05, 3.63) is 0 Å². The summed E-state index contributed by atoms with van der Waals surface area (Å²) in [5.41, 5.74) is -0.0425. The molecule has 3 rings (SSSR count). The van der Waals surface area contributed by atoms with Gasteiger partial charge in [0.05, 0.1) is 5.92 Å². The Morgan fingerprint density at radius 3 is 2.56 bits per heavy atom. The number of hydrogen-bond donors (Lipinski definition) is 1. The number of carboxylic acids is 1. The van der Waals surface area contributed by atoms with E-state index in [-0.39, 0.29) is 22.7 Å². The zero-order chi connectivity index (χ0) is 13.3. The van der Waals surface area contributed by atoms with Crippen molar-refractivity contribution in [1.82, 2.24) is 0 Å². The number of aliphatic carboxylic acids is 1. The summed E-state index contributed by atoms with van der Waals surface area (Å²) in [6.45, 7) is 6.50. The van der Waals surface area contributed by atoms with E-state index in [1.54, 1.807) is 0 Å². The Morgan fingerprint density at radius 1 is 1.28 bits per heavy atom. The minimum atomic E-state index is -0.683. The number of rotatable bonds is 1. The van der Waals surface area contributed by atoms with Crippen molar-refractivity contribution in [2.24, 2.45) is 34.5 Å². The van der Waals surface area contributed by atoms with Crippen molar-refractivity contribution in [3.8, 4) is 0 Å². The molecule has 5 atom stereocenters. The van der Waals surface area contributed by atoms with Gasteiger partial charge in [-0.05, 0) is 41.9 Å². The molecule has 2 bridgehead atoms. The van der Waals surface area contributed by atoms with Crippen molar-refractivity contribution >= 4 is 11.8 Å². The lowest BCUT2D eigenvalue weighted by molar-refractivity contribution is -0.152. The van der Waals surface area contributed by atoms with Crippen LogP contribution in [-0.4, -0.2) is 16.9 Å². The van der Waals surface area contributed by atoms with Crippen LogP contribution in [0.1, 0.15) is 46.5 Å². The molecule has 0 heterocycles. The van der Waals surface area contributed by atoms with Crippen LogP contribution in [0.5, 0.6) is 0 Å². The highest BCUT2D eigenvalue weighted by molar-refractivity contribution is 5.87. The summed E-state index contributed by atoms with van der Waals surface area (Å²) in [5.74, 6) is 0.119. The number of hydrogen-bond acceptors (Lipinski definition) is 2. The summed E-state index contributed by atoms with van der Waals surface area (Å²) in [7, 11) is 0. The quantitative estimate of drug-likeness (QED) is 0.778. The van der Waals surface area contributed by atoms with Gasteiger partial charge in [-0.25, -0.2) is 0 Å². The second kappa shape index (κ2) is 3.37. The highest BCUT2D eigenvalue weighted by Crippen LogP contribution is 2.72. The van der Waals surface area contributed by atoms with Crippen LogP contribution in [0.15, 0.2) is 0 Å². The van der Waals surface area contributed by atoms with Gasteiger partial charge in [0.15, 0.2) is 0 Å². The Morgan fingerprint density at radius 2 is 1.94 bits per heavy atom. The first kappa shape index (κ1) is 12.2. The highest BCUT2D eigenvalue weighted by atomic mass is 16.4. The van der Waals surface area contributed by atoms with Gasteiger partial charge in [0.2, 0.25) is 0 Å². The first-order valence-electron chi connectivity index (χ1n) is 7.06. The molecule has 0 radical (unpaired) electrons. The monoisotopic (exact) mass is 250 g/mol. The molecule has 0 aliphatic heterocycles. The van der Waals surface area contributed by atoms with Gasteiger partial charge in [0.25, 0.3) is 0 Å². The molecule has 0 aromatic rings. The van der Waals surface area contributed by atoms with Crippen molar-refractivity contribution in [1.29, 1.82) is 0 Å². The molecule has 0 aromatic carbocycles. The molecule has 3 fully saturated rings. The molecule has 3 nitrogen and oxygen atoms in total. The number of carbonyl (C=O) groups excluding carboxylic acids is 1. The summed E-state index contributed by atoms with van der Waals surface area (Å²) < 4.78 is 0. The number of ketones is 1. The smallest absolute Gasteiger partial charge is 0.307 e. The van der Waals surface area contributed by atoms with Crippen molar-refractivity contribution in [2.45, 2.75) is 46.5 Å². The van der Waals surface area contributed by atoms with Gasteiger partial charge in [-0.3, -0.25) is 9.59 Å². The maximum absolute atomic E-state index is 12.1. The summed E-state index contributed by atoms with van der Waals surface area (Å²) in [4.78, 5) is 23.7. The molecule has 3 saturated carbocycles. The second-order valence-electron chi connectivity index (χ2n) is 7.35. The molecule has 3 aliphatic rings. The predicted octanol–water partition coefficient (Wildman–Crippen LogP) is 2.74. The van der Waals surface area contributed by atoms with Gasteiger partial charge in [-0.15, -0.1) is 0 Å². The van der Waals surface area contributed by atoms with E-state index >= 15 is 0 Å². The summed E-state index contributed by atoms with van der Waals surface area (Å²) in [5, 5.41) is 9.56. The average molecular weight is 250 g/mol. The lowest BCUT2D eigenvalue weighted by atomic mass is 9.59. The van der Waals surface area contributed by atoms with Crippen LogP contribution in [0.2, 0.25) is 0 Å². The third-order valence-electron chi connectivity index (χ3n) is 6.37. The fourth-order valence-electron chi connectivity index (χ4n) is 5.71. The molecular weight excluding hydrogens is 228 g/mol. The molecule has 0 saturated heterocycles. The maximum atomic E-state index is 12.1. The summed E-state index contributed by atoms with van der Waals surface area (Å²) >= 11 is 0. The van der Waals surface area contributed by atoms with Gasteiger partial charge in [-0.1, -0.05) is 20.8 Å². The van der Waals surface area contributed by atoms with Crippen LogP contribution >= 0.6 is 0 Å². The Kier molecular flexibility index (Phi) is 2.28. The molecule has 3 aliphatic carbocycles. The Balaban J connectivity index is 2.13. The van der Waals surface area contributed by atoms with E-state index in [0.29, 0.717) is 24.0 Å². The Hall–Kier alpha value is -0.860. The van der Waals surface area contributed by atoms with Gasteiger partial charge in [0, 0.05) is 12.3 Å². The van der Waals surface area contributed by atoms with Crippen molar-refractivity contribution in [2.75, 3.05) is 0 Å². The second-order valence-corrected chi connectivity index (χ2v) is 7.35. The van der Waals surface area contributed by atoms with E-state index in [9.17, 15) is 14.7 Å². The minimum Gasteiger partial charge on any atom is -0.481 e. The van der Waals surface area contributed by atoms with Crippen LogP contribution in [-0.2, 0) is 9.59 Å². The standard InChI is InChI=1S/C15H22O3/c1-8-12(16)6-11-9-4-5-10(13(17)18)15(8,11)7-14(9,2)3/h8-11H,4-7H2,1-3H3,(H,17,18)/t8-,9+,10-,11-,15+/m0/s1. The molecule has 0 amide bonds. The van der Waals surface area contributed by atoms with Crippen molar-refractivity contribution < 1.29 is 14.7 Å². The number of carboxylic acid groups (broad SMARTS) is 1. The number of Topliss-reactive ketones (excluding diaryl/α,β-unsaturated/α-hetero) is 1. The third-order valence-corrected chi connectivity index (χ3v) is 6.37. The lowest BCUT2D eigenvalue weighted by Gasteiger charge is -2.43. The van der Waals surface area contributed by atoms with Gasteiger partial charge >= 0.3 is 5.97 Å². The van der Waals surface area contributed by atoms with Crippen LogP contribution in [0.4, 0.5) is 0 Å². The van der Waals surface area contributed by atoms with Crippen molar-refractivity contribution in [3.63, 3.8) is 0 Å². The van der Waals surface area contributed by atoms with E-state index in [0.717, 1.165) is 19.3 Å². The van der Waals surface area contributed by atoms with E-state index in [1.165, 1.54) is 0 Å². The first-order valence-corrected chi connectivity index (χ1v) is 7.06. The van der Waals surface area contributed by atoms with Gasteiger partial charge in [-0.2, -0.15) is 0 Å². The zero-order valence-electron chi connectivity index (χ0n) is 11.4. The van der Waals surface area contributed by atoms with E-state index in [1.807, 2.05) is 6.92 Å². The number of carbonyl (C=O) groups is 2. The van der Waals surface area contributed by atoms with Gasteiger partial charge < -0.3 is 5.11 Å². The lowest BCUT2D eigenvalue weighted by Crippen LogP contribution is -2.44. The molecule has 3 heteroatoms. The maximum Gasteiger partial charge on any atom is 0.307 e. The highest BCUT2D eigenvalue weighted by Gasteiger charge is 2.69. The largest absolute Gasteiger partial charge is 0.481 e. The summed E-state index contributed by atoms with van der Waals surface area (Å²) in [6, 6.07) is 0. The average Bonchev–Trinajstić information content (AvgIpc) is 2.57. The predicted molar refractivity (Wildman–Crippen MR) is 67.0 cm³/mol. The Bertz CT molecular complexity index is 425. The molecule has 18 heavy (non-hydrogen) atoms. The van der Waals surface area contributed by atoms with E-state index in [2.05, 4.69) is 13.8 Å². The fourth-order valence-corrected chi connectivity index (χ4v) is 5.71.